The lowest BCUT2D eigenvalue weighted by molar-refractivity contribution is 0.0427. The SMILES string of the molecule is O=C(O)NCC1OCCc2ccc(-c3ccncn3)cc21. The molecule has 1 aliphatic heterocycles. The highest BCUT2D eigenvalue weighted by molar-refractivity contribution is 5.64. The van der Waals surface area contributed by atoms with Crippen LogP contribution in [0, 0.1) is 0 Å². The Bertz CT molecular complexity index is 646. The maximum atomic E-state index is 10.7. The van der Waals surface area contributed by atoms with Crippen LogP contribution in [-0.4, -0.2) is 34.3 Å². The van der Waals surface area contributed by atoms with Crippen LogP contribution in [0.15, 0.2) is 36.8 Å². The van der Waals surface area contributed by atoms with E-state index in [1.165, 1.54) is 11.9 Å². The number of carboxylic acid groups (broad SMARTS) is 1. The minimum Gasteiger partial charge on any atom is -0.465 e. The fourth-order valence-electron chi connectivity index (χ4n) is 2.49. The largest absolute Gasteiger partial charge is 0.465 e. The number of nitrogens with zero attached hydrogens (tertiary/aromatic N) is 2. The Morgan fingerprint density at radius 1 is 1.43 bits per heavy atom. The van der Waals surface area contributed by atoms with Gasteiger partial charge in [0.15, 0.2) is 0 Å². The van der Waals surface area contributed by atoms with E-state index in [0.717, 1.165) is 23.2 Å². The number of aromatic nitrogens is 2. The summed E-state index contributed by atoms with van der Waals surface area (Å²) in [5.41, 5.74) is 4.02. The summed E-state index contributed by atoms with van der Waals surface area (Å²) in [5.74, 6) is 0. The lowest BCUT2D eigenvalue weighted by Crippen LogP contribution is -2.30. The molecular formula is C15H15N3O3. The Hall–Kier alpha value is -2.47. The second-order valence-corrected chi connectivity index (χ2v) is 4.80. The first-order valence-electron chi connectivity index (χ1n) is 6.71. The van der Waals surface area contributed by atoms with E-state index in [2.05, 4.69) is 21.4 Å². The zero-order chi connectivity index (χ0) is 14.7. The predicted molar refractivity (Wildman–Crippen MR) is 75.9 cm³/mol. The normalized spacial score (nSPS) is 17.0. The van der Waals surface area contributed by atoms with E-state index in [1.54, 1.807) is 6.20 Å². The van der Waals surface area contributed by atoms with E-state index in [-0.39, 0.29) is 12.6 Å². The van der Waals surface area contributed by atoms with Crippen molar-refractivity contribution in [2.24, 2.45) is 0 Å². The van der Waals surface area contributed by atoms with Gasteiger partial charge in [0, 0.05) is 11.8 Å². The smallest absolute Gasteiger partial charge is 0.404 e. The summed E-state index contributed by atoms with van der Waals surface area (Å²) in [4.78, 5) is 18.8. The van der Waals surface area contributed by atoms with E-state index in [9.17, 15) is 4.79 Å². The van der Waals surface area contributed by atoms with Crippen molar-refractivity contribution in [3.05, 3.63) is 47.9 Å². The van der Waals surface area contributed by atoms with Crippen LogP contribution in [0.4, 0.5) is 4.79 Å². The topological polar surface area (TPSA) is 84.3 Å². The van der Waals surface area contributed by atoms with Crippen LogP contribution in [-0.2, 0) is 11.2 Å². The summed E-state index contributed by atoms with van der Waals surface area (Å²) in [6, 6.07) is 7.94. The number of fused-ring (bicyclic) bond motifs is 1. The molecule has 1 unspecified atom stereocenters. The lowest BCUT2D eigenvalue weighted by atomic mass is 9.94. The molecule has 0 bridgehead atoms. The number of rotatable bonds is 3. The Labute approximate surface area is 121 Å². The van der Waals surface area contributed by atoms with Crippen LogP contribution < -0.4 is 5.32 Å². The summed E-state index contributed by atoms with van der Waals surface area (Å²) in [6.45, 7) is 0.849. The minimum absolute atomic E-state index is 0.246. The van der Waals surface area contributed by atoms with Gasteiger partial charge in [-0.25, -0.2) is 14.8 Å². The molecule has 108 valence electrons. The van der Waals surface area contributed by atoms with Gasteiger partial charge < -0.3 is 15.2 Å². The first-order valence-corrected chi connectivity index (χ1v) is 6.71. The molecule has 1 aliphatic rings. The third-order valence-electron chi connectivity index (χ3n) is 3.50. The standard InChI is InChI=1S/C15H15N3O3/c19-15(20)17-8-14-12-7-11(13-3-5-16-9-18-13)2-1-10(12)4-6-21-14/h1-3,5,7,9,14,17H,4,6,8H2,(H,19,20). The van der Waals surface area contributed by atoms with Gasteiger partial charge >= 0.3 is 6.09 Å². The van der Waals surface area contributed by atoms with Gasteiger partial charge in [-0.2, -0.15) is 0 Å². The van der Waals surface area contributed by atoms with Crippen molar-refractivity contribution in [3.8, 4) is 11.3 Å². The van der Waals surface area contributed by atoms with Gasteiger partial charge in [-0.05, 0) is 29.7 Å². The van der Waals surface area contributed by atoms with Crippen molar-refractivity contribution < 1.29 is 14.6 Å². The number of amides is 1. The van der Waals surface area contributed by atoms with Crippen LogP contribution >= 0.6 is 0 Å². The molecule has 0 saturated carbocycles. The molecule has 1 aromatic carbocycles. The van der Waals surface area contributed by atoms with Crippen LogP contribution in [0.25, 0.3) is 11.3 Å². The van der Waals surface area contributed by atoms with Crippen LogP contribution in [0.5, 0.6) is 0 Å². The maximum absolute atomic E-state index is 10.7. The number of carbonyl (C=O) groups is 1. The van der Waals surface area contributed by atoms with E-state index in [4.69, 9.17) is 9.84 Å². The van der Waals surface area contributed by atoms with Crippen LogP contribution in [0.3, 0.4) is 0 Å². The highest BCUT2D eigenvalue weighted by atomic mass is 16.5. The number of hydrogen-bond acceptors (Lipinski definition) is 4. The summed E-state index contributed by atoms with van der Waals surface area (Å²) in [5, 5.41) is 11.1. The van der Waals surface area contributed by atoms with Crippen molar-refractivity contribution in [1.29, 1.82) is 0 Å². The molecule has 21 heavy (non-hydrogen) atoms. The van der Waals surface area contributed by atoms with Gasteiger partial charge in [0.1, 0.15) is 12.4 Å². The van der Waals surface area contributed by atoms with Crippen LogP contribution in [0.1, 0.15) is 17.2 Å². The Kier molecular flexibility index (Phi) is 3.79. The zero-order valence-electron chi connectivity index (χ0n) is 11.3. The second kappa shape index (κ2) is 5.88. The summed E-state index contributed by atoms with van der Waals surface area (Å²) in [7, 11) is 0. The summed E-state index contributed by atoms with van der Waals surface area (Å²) >= 11 is 0. The summed E-state index contributed by atoms with van der Waals surface area (Å²) < 4.78 is 5.69. The number of benzene rings is 1. The Morgan fingerprint density at radius 2 is 2.33 bits per heavy atom. The highest BCUT2D eigenvalue weighted by Gasteiger charge is 2.22. The van der Waals surface area contributed by atoms with Gasteiger partial charge in [0.2, 0.25) is 0 Å². The molecule has 2 heterocycles. The molecule has 6 heteroatoms. The molecule has 0 spiro atoms. The predicted octanol–water partition coefficient (Wildman–Crippen LogP) is 2.02. The Morgan fingerprint density at radius 3 is 3.10 bits per heavy atom. The summed E-state index contributed by atoms with van der Waals surface area (Å²) in [6.07, 6.45) is 2.74. The number of hydrogen-bond donors (Lipinski definition) is 2. The molecule has 2 N–H and O–H groups in total. The lowest BCUT2D eigenvalue weighted by Gasteiger charge is -2.26. The molecule has 0 aliphatic carbocycles. The first kappa shape index (κ1) is 13.5. The monoisotopic (exact) mass is 285 g/mol. The number of nitrogens with one attached hydrogen (secondary N) is 1. The molecule has 6 nitrogen and oxygen atoms in total. The highest BCUT2D eigenvalue weighted by Crippen LogP contribution is 2.30. The zero-order valence-corrected chi connectivity index (χ0v) is 11.3. The van der Waals surface area contributed by atoms with Gasteiger partial charge in [-0.3, -0.25) is 0 Å². The second-order valence-electron chi connectivity index (χ2n) is 4.80. The molecule has 1 amide bonds. The molecule has 1 aromatic heterocycles. The molecule has 2 aromatic rings. The van der Waals surface area contributed by atoms with Gasteiger partial charge in [-0.1, -0.05) is 12.1 Å². The quantitative estimate of drug-likeness (QED) is 0.901. The van der Waals surface area contributed by atoms with Crippen molar-refractivity contribution >= 4 is 6.09 Å². The van der Waals surface area contributed by atoms with E-state index >= 15 is 0 Å². The molecule has 0 saturated heterocycles. The molecule has 3 rings (SSSR count). The van der Waals surface area contributed by atoms with Crippen LogP contribution in [0.2, 0.25) is 0 Å². The molecule has 0 fully saturated rings. The molecule has 0 radical (unpaired) electrons. The van der Waals surface area contributed by atoms with Gasteiger partial charge in [-0.15, -0.1) is 0 Å². The average molecular weight is 285 g/mol. The average Bonchev–Trinajstić information content (AvgIpc) is 2.53. The third kappa shape index (κ3) is 3.00. The Balaban J connectivity index is 1.91. The molecule has 1 atom stereocenters. The van der Waals surface area contributed by atoms with Crippen molar-refractivity contribution in [2.75, 3.05) is 13.2 Å². The third-order valence-corrected chi connectivity index (χ3v) is 3.50. The fourth-order valence-corrected chi connectivity index (χ4v) is 2.49. The van der Waals surface area contributed by atoms with E-state index < -0.39 is 6.09 Å². The van der Waals surface area contributed by atoms with E-state index in [0.29, 0.717) is 6.61 Å². The maximum Gasteiger partial charge on any atom is 0.404 e. The van der Waals surface area contributed by atoms with Gasteiger partial charge in [0.25, 0.3) is 0 Å². The minimum atomic E-state index is -1.04. The van der Waals surface area contributed by atoms with Crippen molar-refractivity contribution in [3.63, 3.8) is 0 Å². The number of ether oxygens (including phenoxy) is 1. The fraction of sp³-hybridized carbons (Fsp3) is 0.267. The first-order chi connectivity index (χ1) is 10.2. The van der Waals surface area contributed by atoms with Crippen molar-refractivity contribution in [2.45, 2.75) is 12.5 Å². The van der Waals surface area contributed by atoms with Crippen molar-refractivity contribution in [1.82, 2.24) is 15.3 Å². The van der Waals surface area contributed by atoms with E-state index in [1.807, 2.05) is 18.2 Å². The molecular weight excluding hydrogens is 270 g/mol. The van der Waals surface area contributed by atoms with Gasteiger partial charge in [0.05, 0.1) is 18.8 Å².